The highest BCUT2D eigenvalue weighted by atomic mass is 16.4. The number of carbonyl (C=O) groups is 3. The van der Waals surface area contributed by atoms with Crippen molar-refractivity contribution in [1.29, 1.82) is 0 Å². The highest BCUT2D eigenvalue weighted by molar-refractivity contribution is 5.94. The van der Waals surface area contributed by atoms with Gasteiger partial charge in [-0.3, -0.25) is 14.9 Å². The molecule has 108 valence electrons. The number of imide groups is 1. The lowest BCUT2D eigenvalue weighted by Crippen LogP contribution is -2.38. The molecular weight excluding hydrogens is 260 g/mol. The van der Waals surface area contributed by atoms with Crippen LogP contribution in [-0.4, -0.2) is 23.0 Å². The molecule has 1 rings (SSSR count). The van der Waals surface area contributed by atoms with E-state index in [1.807, 2.05) is 30.3 Å². The van der Waals surface area contributed by atoms with Crippen molar-refractivity contribution < 1.29 is 19.5 Å². The molecule has 0 bridgehead atoms. The van der Waals surface area contributed by atoms with Crippen LogP contribution < -0.4 is 10.6 Å². The highest BCUT2D eigenvalue weighted by Crippen LogP contribution is 2.00. The number of benzene rings is 1. The number of urea groups is 1. The van der Waals surface area contributed by atoms with Crippen molar-refractivity contribution in [3.63, 3.8) is 0 Å². The van der Waals surface area contributed by atoms with Crippen LogP contribution in [0.4, 0.5) is 4.79 Å². The van der Waals surface area contributed by atoms with E-state index >= 15 is 0 Å². The Morgan fingerprint density at radius 3 is 2.30 bits per heavy atom. The number of hydrogen-bond donors (Lipinski definition) is 3. The van der Waals surface area contributed by atoms with Crippen molar-refractivity contribution in [1.82, 2.24) is 10.6 Å². The predicted octanol–water partition coefficient (Wildman–Crippen LogP) is 1.66. The first-order chi connectivity index (χ1) is 9.58. The average Bonchev–Trinajstić information content (AvgIpc) is 2.42. The fourth-order valence-electron chi connectivity index (χ4n) is 1.57. The molecule has 0 radical (unpaired) electrons. The third-order valence-corrected chi connectivity index (χ3v) is 2.59. The summed E-state index contributed by atoms with van der Waals surface area (Å²) in [6, 6.07) is 8.80. The number of carboxylic acids is 1. The minimum Gasteiger partial charge on any atom is -0.481 e. The maximum Gasteiger partial charge on any atom is 0.321 e. The number of hydrogen-bond acceptors (Lipinski definition) is 3. The Hall–Kier alpha value is -2.37. The van der Waals surface area contributed by atoms with Gasteiger partial charge in [-0.15, -0.1) is 0 Å². The van der Waals surface area contributed by atoms with E-state index in [2.05, 4.69) is 10.6 Å². The van der Waals surface area contributed by atoms with Crippen LogP contribution in [0.5, 0.6) is 0 Å². The standard InChI is InChI=1S/C14H18N2O4/c17-12(8-4-5-9-13(18)19)16-14(20)15-10-11-6-2-1-3-7-11/h1-3,6-7H,4-5,8-10H2,(H,18,19)(H2,15,16,17,20). The first-order valence-electron chi connectivity index (χ1n) is 6.41. The maximum absolute atomic E-state index is 11.4. The second-order valence-corrected chi connectivity index (χ2v) is 4.32. The summed E-state index contributed by atoms with van der Waals surface area (Å²) in [5, 5.41) is 13.2. The molecule has 0 spiro atoms. The molecule has 6 heteroatoms. The van der Waals surface area contributed by atoms with E-state index in [1.165, 1.54) is 0 Å². The van der Waals surface area contributed by atoms with Crippen LogP contribution in [0.2, 0.25) is 0 Å². The monoisotopic (exact) mass is 278 g/mol. The molecule has 0 atom stereocenters. The predicted molar refractivity (Wildman–Crippen MR) is 72.9 cm³/mol. The van der Waals surface area contributed by atoms with Gasteiger partial charge in [-0.2, -0.15) is 0 Å². The van der Waals surface area contributed by atoms with Crippen LogP contribution >= 0.6 is 0 Å². The topological polar surface area (TPSA) is 95.5 Å². The molecule has 1 aromatic carbocycles. The third kappa shape index (κ3) is 7.15. The van der Waals surface area contributed by atoms with Gasteiger partial charge in [0, 0.05) is 19.4 Å². The van der Waals surface area contributed by atoms with Crippen LogP contribution in [-0.2, 0) is 16.1 Å². The molecule has 0 aliphatic carbocycles. The minimum atomic E-state index is -0.883. The van der Waals surface area contributed by atoms with Gasteiger partial charge in [0.2, 0.25) is 5.91 Å². The van der Waals surface area contributed by atoms with Gasteiger partial charge in [0.15, 0.2) is 0 Å². The zero-order valence-electron chi connectivity index (χ0n) is 11.1. The molecule has 0 aliphatic rings. The van der Waals surface area contributed by atoms with E-state index in [-0.39, 0.29) is 12.8 Å². The summed E-state index contributed by atoms with van der Waals surface area (Å²) in [6.07, 6.45) is 1.05. The second kappa shape index (κ2) is 8.68. The minimum absolute atomic E-state index is 0.0352. The summed E-state index contributed by atoms with van der Waals surface area (Å²) in [4.78, 5) is 33.1. The summed E-state index contributed by atoms with van der Waals surface area (Å²) >= 11 is 0. The highest BCUT2D eigenvalue weighted by Gasteiger charge is 2.07. The summed E-state index contributed by atoms with van der Waals surface area (Å²) in [7, 11) is 0. The smallest absolute Gasteiger partial charge is 0.321 e. The zero-order chi connectivity index (χ0) is 14.8. The van der Waals surface area contributed by atoms with Crippen molar-refractivity contribution in [2.24, 2.45) is 0 Å². The molecule has 0 saturated heterocycles. The molecule has 0 fully saturated rings. The molecule has 20 heavy (non-hydrogen) atoms. The summed E-state index contributed by atoms with van der Waals surface area (Å²) < 4.78 is 0. The lowest BCUT2D eigenvalue weighted by atomic mass is 10.2. The van der Waals surface area contributed by atoms with E-state index in [9.17, 15) is 14.4 Å². The van der Waals surface area contributed by atoms with E-state index in [0.29, 0.717) is 19.4 Å². The molecule has 0 aromatic heterocycles. The number of carboxylic acid groups (broad SMARTS) is 1. The summed E-state index contributed by atoms with van der Waals surface area (Å²) in [5.74, 6) is -1.29. The fourth-order valence-corrected chi connectivity index (χ4v) is 1.57. The Morgan fingerprint density at radius 2 is 1.65 bits per heavy atom. The van der Waals surface area contributed by atoms with Crippen LogP contribution in [0.3, 0.4) is 0 Å². The van der Waals surface area contributed by atoms with E-state index < -0.39 is 17.9 Å². The molecule has 0 heterocycles. The normalized spacial score (nSPS) is 9.80. The second-order valence-electron chi connectivity index (χ2n) is 4.32. The zero-order valence-corrected chi connectivity index (χ0v) is 11.1. The molecule has 0 unspecified atom stereocenters. The summed E-state index contributed by atoms with van der Waals surface area (Å²) in [6.45, 7) is 0.346. The number of aliphatic carboxylic acids is 1. The van der Waals surface area contributed by atoms with Crippen molar-refractivity contribution in [3.8, 4) is 0 Å². The third-order valence-electron chi connectivity index (χ3n) is 2.59. The fraction of sp³-hybridized carbons (Fsp3) is 0.357. The Labute approximate surface area is 117 Å². The first-order valence-corrected chi connectivity index (χ1v) is 6.41. The van der Waals surface area contributed by atoms with Crippen molar-refractivity contribution in [2.75, 3.05) is 0 Å². The van der Waals surface area contributed by atoms with Crippen molar-refractivity contribution in [2.45, 2.75) is 32.2 Å². The molecule has 0 aliphatic heterocycles. The molecule has 1 aromatic rings. The number of nitrogens with one attached hydrogen (secondary N) is 2. The molecule has 3 N–H and O–H groups in total. The van der Waals surface area contributed by atoms with Gasteiger partial charge in [-0.05, 0) is 18.4 Å². The summed E-state index contributed by atoms with van der Waals surface area (Å²) in [5.41, 5.74) is 0.941. The molecule has 3 amide bonds. The van der Waals surface area contributed by atoms with Crippen molar-refractivity contribution >= 4 is 17.9 Å². The van der Waals surface area contributed by atoms with Crippen LogP contribution in [0.25, 0.3) is 0 Å². The molecule has 0 saturated carbocycles. The van der Waals surface area contributed by atoms with Gasteiger partial charge in [0.1, 0.15) is 0 Å². The average molecular weight is 278 g/mol. The van der Waals surface area contributed by atoms with Gasteiger partial charge in [0.05, 0.1) is 0 Å². The Bertz CT molecular complexity index is 460. The lowest BCUT2D eigenvalue weighted by molar-refractivity contribution is -0.137. The van der Waals surface area contributed by atoms with Gasteiger partial charge < -0.3 is 10.4 Å². The van der Waals surface area contributed by atoms with Crippen LogP contribution in [0.1, 0.15) is 31.2 Å². The molecule has 6 nitrogen and oxygen atoms in total. The van der Waals surface area contributed by atoms with Crippen LogP contribution in [0, 0.1) is 0 Å². The number of unbranched alkanes of at least 4 members (excludes halogenated alkanes) is 1. The van der Waals surface area contributed by atoms with E-state index in [4.69, 9.17) is 5.11 Å². The van der Waals surface area contributed by atoms with Gasteiger partial charge in [-0.25, -0.2) is 4.79 Å². The SMILES string of the molecule is O=C(O)CCCCC(=O)NC(=O)NCc1ccccc1. The largest absolute Gasteiger partial charge is 0.481 e. The maximum atomic E-state index is 11.4. The number of amides is 3. The molecular formula is C14H18N2O4. The van der Waals surface area contributed by atoms with Gasteiger partial charge in [0.25, 0.3) is 0 Å². The van der Waals surface area contributed by atoms with Gasteiger partial charge in [-0.1, -0.05) is 30.3 Å². The van der Waals surface area contributed by atoms with Crippen LogP contribution in [0.15, 0.2) is 30.3 Å². The Balaban J connectivity index is 2.15. The quantitative estimate of drug-likeness (QED) is 0.661. The Morgan fingerprint density at radius 1 is 1.00 bits per heavy atom. The van der Waals surface area contributed by atoms with Gasteiger partial charge >= 0.3 is 12.0 Å². The number of rotatable bonds is 7. The van der Waals surface area contributed by atoms with Crippen molar-refractivity contribution in [3.05, 3.63) is 35.9 Å². The van der Waals surface area contributed by atoms with E-state index in [0.717, 1.165) is 5.56 Å². The Kier molecular flexibility index (Phi) is 6.81. The first kappa shape index (κ1) is 15.7. The lowest BCUT2D eigenvalue weighted by Gasteiger charge is -2.06. The van der Waals surface area contributed by atoms with E-state index in [1.54, 1.807) is 0 Å². The number of carbonyl (C=O) groups excluding carboxylic acids is 2.